The number of alkyl halides is 11. The molecule has 0 aliphatic carbocycles. The van der Waals surface area contributed by atoms with E-state index < -0.39 is 48.0 Å². The molecule has 0 radical (unpaired) electrons. The minimum Gasteiger partial charge on any atom is -0.388 e. The maximum atomic E-state index is 13.5. The third kappa shape index (κ3) is 3.60. The highest BCUT2D eigenvalue weighted by Gasteiger charge is 2.87. The Labute approximate surface area is 139 Å². The highest BCUT2D eigenvalue weighted by atomic mass is 19.4. The maximum Gasteiger partial charge on any atom is 0.460 e. The molecule has 0 aliphatic rings. The van der Waals surface area contributed by atoms with Crippen LogP contribution in [0.1, 0.15) is 23.7 Å². The number of hydrogen-bond acceptors (Lipinski definition) is 1. The van der Waals surface area contributed by atoms with Gasteiger partial charge in [-0.25, -0.2) is 0 Å². The van der Waals surface area contributed by atoms with Crippen molar-refractivity contribution in [3.05, 3.63) is 35.4 Å². The summed E-state index contributed by atoms with van der Waals surface area (Å²) in [6.45, 7) is 1.53. The Hall–Kier alpha value is -1.59. The number of benzene rings is 1. The van der Waals surface area contributed by atoms with Gasteiger partial charge in [0, 0.05) is 6.42 Å². The molecule has 1 aromatic rings. The lowest BCUT2D eigenvalue weighted by molar-refractivity contribution is -0.423. The first-order valence-electron chi connectivity index (χ1n) is 6.71. The molecular weight excluding hydrogens is 393 g/mol. The zero-order chi connectivity index (χ0) is 20.8. The fraction of sp³-hybridized carbons (Fsp3) is 0.571. The molecule has 0 saturated heterocycles. The summed E-state index contributed by atoms with van der Waals surface area (Å²) in [6.07, 6.45) is -12.2. The smallest absolute Gasteiger partial charge is 0.388 e. The standard InChI is InChI=1S/C14H11F11O/c1-7-2-4-8(5-3-7)9(26)6-10(15,16)11(17,18)12(19,20)13(21,22)14(23,24)25/h2-5,9,26H,6H2,1H3. The van der Waals surface area contributed by atoms with Gasteiger partial charge in [0.05, 0.1) is 6.10 Å². The fourth-order valence-electron chi connectivity index (χ4n) is 1.88. The summed E-state index contributed by atoms with van der Waals surface area (Å²) < 4.78 is 141. The molecule has 1 rings (SSSR count). The van der Waals surface area contributed by atoms with Gasteiger partial charge in [0.25, 0.3) is 0 Å². The van der Waals surface area contributed by atoms with Gasteiger partial charge in [0.1, 0.15) is 0 Å². The number of aliphatic hydroxyl groups excluding tert-OH is 1. The van der Waals surface area contributed by atoms with Gasteiger partial charge in [-0.05, 0) is 12.5 Å². The quantitative estimate of drug-likeness (QED) is 0.619. The highest BCUT2D eigenvalue weighted by molar-refractivity contribution is 5.23. The average Bonchev–Trinajstić information content (AvgIpc) is 2.45. The fourth-order valence-corrected chi connectivity index (χ4v) is 1.88. The van der Waals surface area contributed by atoms with Crippen LogP contribution in [0, 0.1) is 6.92 Å². The van der Waals surface area contributed by atoms with Gasteiger partial charge in [-0.3, -0.25) is 0 Å². The van der Waals surface area contributed by atoms with E-state index in [0.717, 1.165) is 12.1 Å². The predicted octanol–water partition coefficient (Wildman–Crippen LogP) is 5.52. The van der Waals surface area contributed by atoms with Crippen molar-refractivity contribution in [3.8, 4) is 0 Å². The summed E-state index contributed by atoms with van der Waals surface area (Å²) >= 11 is 0. The summed E-state index contributed by atoms with van der Waals surface area (Å²) in [5, 5.41) is 9.47. The van der Waals surface area contributed by atoms with Crippen molar-refractivity contribution >= 4 is 0 Å². The van der Waals surface area contributed by atoms with Crippen LogP contribution in [0.5, 0.6) is 0 Å². The second-order valence-corrected chi connectivity index (χ2v) is 5.56. The second kappa shape index (κ2) is 6.54. The molecular formula is C14H11F11O. The van der Waals surface area contributed by atoms with Crippen molar-refractivity contribution < 1.29 is 53.4 Å². The van der Waals surface area contributed by atoms with E-state index >= 15 is 0 Å². The maximum absolute atomic E-state index is 13.5. The number of halogens is 11. The zero-order valence-electron chi connectivity index (χ0n) is 12.7. The minimum atomic E-state index is -7.46. The molecule has 0 amide bonds. The van der Waals surface area contributed by atoms with Crippen molar-refractivity contribution in [1.82, 2.24) is 0 Å². The first-order chi connectivity index (χ1) is 11.4. The van der Waals surface area contributed by atoms with E-state index in [9.17, 15) is 53.4 Å². The van der Waals surface area contributed by atoms with E-state index in [2.05, 4.69) is 0 Å². The van der Waals surface area contributed by atoms with Crippen LogP contribution in [0.2, 0.25) is 0 Å². The third-order valence-electron chi connectivity index (χ3n) is 3.52. The van der Waals surface area contributed by atoms with Gasteiger partial charge >= 0.3 is 29.9 Å². The van der Waals surface area contributed by atoms with E-state index in [1.807, 2.05) is 0 Å². The van der Waals surface area contributed by atoms with Crippen molar-refractivity contribution in [3.63, 3.8) is 0 Å². The molecule has 1 N–H and O–H groups in total. The van der Waals surface area contributed by atoms with Crippen LogP contribution < -0.4 is 0 Å². The van der Waals surface area contributed by atoms with Gasteiger partial charge in [-0.2, -0.15) is 48.3 Å². The molecule has 0 aromatic heterocycles. The summed E-state index contributed by atoms with van der Waals surface area (Å²) in [7, 11) is 0. The topological polar surface area (TPSA) is 20.2 Å². The Morgan fingerprint density at radius 3 is 1.54 bits per heavy atom. The molecule has 150 valence electrons. The van der Waals surface area contributed by atoms with Crippen LogP contribution in [0.25, 0.3) is 0 Å². The Morgan fingerprint density at radius 1 is 0.731 bits per heavy atom. The summed E-state index contributed by atoms with van der Waals surface area (Å²) in [4.78, 5) is 0. The van der Waals surface area contributed by atoms with Crippen LogP contribution in [0.3, 0.4) is 0 Å². The summed E-state index contributed by atoms with van der Waals surface area (Å²) in [5.74, 6) is -28.1. The van der Waals surface area contributed by atoms with Crippen LogP contribution in [0.15, 0.2) is 24.3 Å². The first-order valence-corrected chi connectivity index (χ1v) is 6.71. The monoisotopic (exact) mass is 404 g/mol. The Balaban J connectivity index is 3.21. The third-order valence-corrected chi connectivity index (χ3v) is 3.52. The van der Waals surface area contributed by atoms with Crippen LogP contribution in [-0.4, -0.2) is 35.0 Å². The first kappa shape index (κ1) is 22.5. The van der Waals surface area contributed by atoms with Crippen molar-refractivity contribution in [1.29, 1.82) is 0 Å². The van der Waals surface area contributed by atoms with Gasteiger partial charge in [0.2, 0.25) is 0 Å². The van der Waals surface area contributed by atoms with Crippen molar-refractivity contribution in [2.24, 2.45) is 0 Å². The van der Waals surface area contributed by atoms with Crippen LogP contribution >= 0.6 is 0 Å². The predicted molar refractivity (Wildman–Crippen MR) is 66.6 cm³/mol. The van der Waals surface area contributed by atoms with Crippen LogP contribution in [0.4, 0.5) is 48.3 Å². The van der Waals surface area contributed by atoms with E-state index in [1.54, 1.807) is 0 Å². The molecule has 0 bridgehead atoms. The molecule has 1 unspecified atom stereocenters. The average molecular weight is 404 g/mol. The largest absolute Gasteiger partial charge is 0.460 e. The lowest BCUT2D eigenvalue weighted by atomic mass is 9.92. The Kier molecular flexibility index (Phi) is 5.64. The van der Waals surface area contributed by atoms with Gasteiger partial charge in [-0.1, -0.05) is 29.8 Å². The highest BCUT2D eigenvalue weighted by Crippen LogP contribution is 2.58. The normalized spacial score (nSPS) is 15.9. The molecule has 1 aromatic carbocycles. The summed E-state index contributed by atoms with van der Waals surface area (Å²) in [6, 6.07) is 4.41. The minimum absolute atomic E-state index is 0.447. The van der Waals surface area contributed by atoms with E-state index in [1.165, 1.54) is 19.1 Å². The molecule has 0 aliphatic heterocycles. The molecule has 0 fully saturated rings. The molecule has 26 heavy (non-hydrogen) atoms. The van der Waals surface area contributed by atoms with Gasteiger partial charge in [-0.15, -0.1) is 0 Å². The van der Waals surface area contributed by atoms with E-state index in [-0.39, 0.29) is 0 Å². The van der Waals surface area contributed by atoms with Crippen LogP contribution in [-0.2, 0) is 0 Å². The Bertz CT molecular complexity index is 619. The van der Waals surface area contributed by atoms with Gasteiger partial charge < -0.3 is 5.11 Å². The second-order valence-electron chi connectivity index (χ2n) is 5.56. The molecule has 1 nitrogen and oxygen atoms in total. The van der Waals surface area contributed by atoms with Crippen molar-refractivity contribution in [2.45, 2.75) is 49.3 Å². The summed E-state index contributed by atoms with van der Waals surface area (Å²) in [5.41, 5.74) is 0.103. The molecule has 0 spiro atoms. The van der Waals surface area contributed by atoms with E-state index in [4.69, 9.17) is 0 Å². The SMILES string of the molecule is Cc1ccc(C(O)CC(F)(F)C(F)(F)C(F)(F)C(F)(F)C(F)(F)F)cc1. The zero-order valence-corrected chi connectivity index (χ0v) is 12.7. The molecule has 0 saturated carbocycles. The molecule has 0 heterocycles. The number of aryl methyl sites for hydroxylation is 1. The van der Waals surface area contributed by atoms with Crippen molar-refractivity contribution in [2.75, 3.05) is 0 Å². The van der Waals surface area contributed by atoms with E-state index in [0.29, 0.717) is 5.56 Å². The number of rotatable bonds is 6. The number of hydrogen-bond donors (Lipinski definition) is 1. The number of aliphatic hydroxyl groups is 1. The molecule has 12 heteroatoms. The Morgan fingerprint density at radius 2 is 1.15 bits per heavy atom. The lowest BCUT2D eigenvalue weighted by Crippen LogP contribution is -2.66. The lowest BCUT2D eigenvalue weighted by Gasteiger charge is -2.37. The molecule has 1 atom stereocenters. The van der Waals surface area contributed by atoms with Gasteiger partial charge in [0.15, 0.2) is 0 Å².